The van der Waals surface area contributed by atoms with Crippen LogP contribution in [0.25, 0.3) is 0 Å². The zero-order valence-electron chi connectivity index (χ0n) is 11.4. The highest BCUT2D eigenvalue weighted by Crippen LogP contribution is 2.22. The van der Waals surface area contributed by atoms with Gasteiger partial charge in [0.1, 0.15) is 5.75 Å². The fourth-order valence-electron chi connectivity index (χ4n) is 1.88. The normalized spacial score (nSPS) is 11.9. The van der Waals surface area contributed by atoms with Gasteiger partial charge in [0.2, 0.25) is 0 Å². The van der Waals surface area contributed by atoms with Gasteiger partial charge < -0.3 is 15.2 Å². The number of aliphatic carboxylic acids is 1. The molecule has 19 heavy (non-hydrogen) atoms. The maximum absolute atomic E-state index is 12.4. The number of methoxy groups -OCH3 is 1. The van der Waals surface area contributed by atoms with Crippen molar-refractivity contribution in [2.24, 2.45) is 0 Å². The van der Waals surface area contributed by atoms with Crippen LogP contribution in [0.5, 0.6) is 5.75 Å². The molecular weight excluding hydrogens is 246 g/mol. The van der Waals surface area contributed by atoms with Gasteiger partial charge in [0, 0.05) is 6.42 Å². The van der Waals surface area contributed by atoms with Crippen LogP contribution < -0.4 is 10.1 Å². The highest BCUT2D eigenvalue weighted by Gasteiger charge is 2.22. The van der Waals surface area contributed by atoms with Gasteiger partial charge in [-0.25, -0.2) is 0 Å². The third-order valence-corrected chi connectivity index (χ3v) is 2.93. The third-order valence-electron chi connectivity index (χ3n) is 2.93. The number of ketones is 1. The number of carbonyl (C=O) groups is 2. The van der Waals surface area contributed by atoms with E-state index in [4.69, 9.17) is 9.84 Å². The topological polar surface area (TPSA) is 75.6 Å². The van der Waals surface area contributed by atoms with Gasteiger partial charge >= 0.3 is 5.97 Å². The van der Waals surface area contributed by atoms with E-state index in [1.54, 1.807) is 19.2 Å². The first-order chi connectivity index (χ1) is 8.99. The summed E-state index contributed by atoms with van der Waals surface area (Å²) in [5.41, 5.74) is 1.43. The van der Waals surface area contributed by atoms with Crippen LogP contribution in [0.2, 0.25) is 0 Å². The molecule has 0 aliphatic carbocycles. The van der Waals surface area contributed by atoms with Crippen LogP contribution >= 0.6 is 0 Å². The molecule has 0 saturated heterocycles. The summed E-state index contributed by atoms with van der Waals surface area (Å²) in [6, 6.07) is 4.84. The van der Waals surface area contributed by atoms with E-state index in [1.165, 1.54) is 7.11 Å². The van der Waals surface area contributed by atoms with E-state index >= 15 is 0 Å². The number of ether oxygens (including phenoxy) is 1. The fraction of sp³-hybridized carbons (Fsp3) is 0.429. The Hall–Kier alpha value is -1.88. The third kappa shape index (κ3) is 4.06. The maximum Gasteiger partial charge on any atom is 0.303 e. The van der Waals surface area contributed by atoms with Gasteiger partial charge in [-0.3, -0.25) is 9.59 Å². The van der Waals surface area contributed by atoms with Crippen molar-refractivity contribution in [2.75, 3.05) is 14.2 Å². The van der Waals surface area contributed by atoms with Gasteiger partial charge in [0.05, 0.1) is 18.7 Å². The molecule has 0 fully saturated rings. The minimum absolute atomic E-state index is 0.0502. The predicted octanol–water partition coefficient (Wildman–Crippen LogP) is 1.64. The molecule has 0 aliphatic heterocycles. The molecule has 1 aromatic rings. The molecule has 0 amide bonds. The molecule has 1 rings (SSSR count). The van der Waals surface area contributed by atoms with Crippen molar-refractivity contribution in [3.05, 3.63) is 29.3 Å². The van der Waals surface area contributed by atoms with E-state index in [2.05, 4.69) is 5.32 Å². The first kappa shape index (κ1) is 15.2. The summed E-state index contributed by atoms with van der Waals surface area (Å²) < 4.78 is 5.18. The monoisotopic (exact) mass is 265 g/mol. The Labute approximate surface area is 112 Å². The minimum atomic E-state index is -0.913. The Kier molecular flexibility index (Phi) is 5.51. The van der Waals surface area contributed by atoms with Crippen molar-refractivity contribution in [1.82, 2.24) is 5.32 Å². The summed E-state index contributed by atoms with van der Waals surface area (Å²) in [7, 11) is 3.15. The molecule has 1 aromatic carbocycles. The van der Waals surface area contributed by atoms with E-state index in [0.29, 0.717) is 11.3 Å². The molecule has 0 radical (unpaired) electrons. The lowest BCUT2D eigenvalue weighted by Crippen LogP contribution is -2.34. The number of carbonyl (C=O) groups excluding carboxylic acids is 1. The van der Waals surface area contributed by atoms with Gasteiger partial charge in [-0.1, -0.05) is 11.6 Å². The van der Waals surface area contributed by atoms with Crippen molar-refractivity contribution in [3.63, 3.8) is 0 Å². The Morgan fingerprint density at radius 2 is 2.11 bits per heavy atom. The van der Waals surface area contributed by atoms with E-state index in [9.17, 15) is 9.59 Å². The molecule has 5 nitrogen and oxygen atoms in total. The maximum atomic E-state index is 12.4. The number of benzene rings is 1. The van der Waals surface area contributed by atoms with Gasteiger partial charge in [-0.15, -0.1) is 0 Å². The molecule has 0 aromatic heterocycles. The first-order valence-electron chi connectivity index (χ1n) is 6.07. The van der Waals surface area contributed by atoms with Gasteiger partial charge in [-0.2, -0.15) is 0 Å². The molecule has 5 heteroatoms. The fourth-order valence-corrected chi connectivity index (χ4v) is 1.88. The number of Topliss-reactive ketones (excluding diaryl/α,β-unsaturated/α-hetero) is 1. The van der Waals surface area contributed by atoms with Gasteiger partial charge in [0.15, 0.2) is 5.78 Å². The number of likely N-dealkylation sites (N-methyl/N-ethyl adjacent to an activating group) is 1. The average molecular weight is 265 g/mol. The van der Waals surface area contributed by atoms with Crippen LogP contribution in [0.3, 0.4) is 0 Å². The second-order valence-corrected chi connectivity index (χ2v) is 4.34. The molecule has 2 N–H and O–H groups in total. The van der Waals surface area contributed by atoms with Crippen molar-refractivity contribution >= 4 is 11.8 Å². The quantitative estimate of drug-likeness (QED) is 0.733. The zero-order valence-corrected chi connectivity index (χ0v) is 11.4. The van der Waals surface area contributed by atoms with E-state index in [1.807, 2.05) is 13.0 Å². The van der Waals surface area contributed by atoms with E-state index < -0.39 is 12.0 Å². The largest absolute Gasteiger partial charge is 0.496 e. The highest BCUT2D eigenvalue weighted by atomic mass is 16.5. The SMILES string of the molecule is CNC(CCC(=O)O)C(=O)c1cc(C)ccc1OC. The van der Waals surface area contributed by atoms with Crippen LogP contribution in [0, 0.1) is 6.92 Å². The number of nitrogens with one attached hydrogen (secondary N) is 1. The lowest BCUT2D eigenvalue weighted by Gasteiger charge is -2.16. The van der Waals surface area contributed by atoms with Gasteiger partial charge in [0.25, 0.3) is 0 Å². The number of hydrogen-bond acceptors (Lipinski definition) is 4. The lowest BCUT2D eigenvalue weighted by atomic mass is 9.98. The number of carboxylic acid groups (broad SMARTS) is 1. The van der Waals surface area contributed by atoms with Crippen molar-refractivity contribution in [2.45, 2.75) is 25.8 Å². The predicted molar refractivity (Wildman–Crippen MR) is 71.8 cm³/mol. The van der Waals surface area contributed by atoms with E-state index in [-0.39, 0.29) is 18.6 Å². The number of aryl methyl sites for hydroxylation is 1. The second kappa shape index (κ2) is 6.89. The number of hydrogen-bond donors (Lipinski definition) is 2. The smallest absolute Gasteiger partial charge is 0.303 e. The summed E-state index contributed by atoms with van der Waals surface area (Å²) in [5.74, 6) is -0.556. The highest BCUT2D eigenvalue weighted by molar-refractivity contribution is 6.02. The molecule has 1 unspecified atom stereocenters. The molecule has 0 saturated carbocycles. The molecule has 0 bridgehead atoms. The molecular formula is C14H19NO4. The summed E-state index contributed by atoms with van der Waals surface area (Å²) in [4.78, 5) is 23.0. The van der Waals surface area contributed by atoms with E-state index in [0.717, 1.165) is 5.56 Å². The molecule has 1 atom stereocenters. The Morgan fingerprint density at radius 3 is 2.63 bits per heavy atom. The Morgan fingerprint density at radius 1 is 1.42 bits per heavy atom. The van der Waals surface area contributed by atoms with Crippen molar-refractivity contribution in [3.8, 4) is 5.75 Å². The number of carboxylic acids is 1. The van der Waals surface area contributed by atoms with Crippen LogP contribution in [0.1, 0.15) is 28.8 Å². The minimum Gasteiger partial charge on any atom is -0.496 e. The summed E-state index contributed by atoms with van der Waals surface area (Å²) in [6.45, 7) is 1.89. The zero-order chi connectivity index (χ0) is 14.4. The van der Waals surface area contributed by atoms with Crippen molar-refractivity contribution < 1.29 is 19.4 Å². The van der Waals surface area contributed by atoms with Crippen LogP contribution in [-0.2, 0) is 4.79 Å². The summed E-state index contributed by atoms with van der Waals surface area (Å²) in [5, 5.41) is 11.5. The molecule has 104 valence electrons. The van der Waals surface area contributed by atoms with Crippen LogP contribution in [0.15, 0.2) is 18.2 Å². The Bertz CT molecular complexity index is 471. The number of rotatable bonds is 7. The van der Waals surface area contributed by atoms with Crippen LogP contribution in [0.4, 0.5) is 0 Å². The summed E-state index contributed by atoms with van der Waals surface area (Å²) >= 11 is 0. The second-order valence-electron chi connectivity index (χ2n) is 4.34. The summed E-state index contributed by atoms with van der Waals surface area (Å²) in [6.07, 6.45) is 0.202. The lowest BCUT2D eigenvalue weighted by molar-refractivity contribution is -0.137. The van der Waals surface area contributed by atoms with Crippen LogP contribution in [-0.4, -0.2) is 37.1 Å². The molecule has 0 aliphatic rings. The van der Waals surface area contributed by atoms with Crippen molar-refractivity contribution in [1.29, 1.82) is 0 Å². The Balaban J connectivity index is 2.96. The molecule has 0 spiro atoms. The average Bonchev–Trinajstić information content (AvgIpc) is 2.38. The molecule has 0 heterocycles. The standard InChI is InChI=1S/C14H19NO4/c1-9-4-6-12(19-3)10(8-9)14(18)11(15-2)5-7-13(16)17/h4,6,8,11,15H,5,7H2,1-3H3,(H,16,17). The first-order valence-corrected chi connectivity index (χ1v) is 6.07. The van der Waals surface area contributed by atoms with Gasteiger partial charge in [-0.05, 0) is 32.5 Å².